The topological polar surface area (TPSA) is 84.7 Å². The number of benzene rings is 1. The Morgan fingerprint density at radius 3 is 2.95 bits per heavy atom. The number of nitro groups is 1. The summed E-state index contributed by atoms with van der Waals surface area (Å²) in [4.78, 5) is 24.8. The van der Waals surface area contributed by atoms with Gasteiger partial charge in [0.2, 0.25) is 0 Å². The summed E-state index contributed by atoms with van der Waals surface area (Å²) < 4.78 is 5.51. The van der Waals surface area contributed by atoms with E-state index in [2.05, 4.69) is 5.32 Å². The molecule has 0 bridgehead atoms. The lowest BCUT2D eigenvalue weighted by Gasteiger charge is -2.22. The standard InChI is InChI=1S/C14H19N3O4/c1-10-9-16(6-3-7-21-10)14(18)11-4-5-12(15-2)13(8-11)17(19)20/h4-5,8,10,15H,3,6-7,9H2,1-2H3. The van der Waals surface area contributed by atoms with Gasteiger partial charge in [0.15, 0.2) is 0 Å². The van der Waals surface area contributed by atoms with Gasteiger partial charge in [-0.25, -0.2) is 0 Å². The lowest BCUT2D eigenvalue weighted by molar-refractivity contribution is -0.384. The van der Waals surface area contributed by atoms with Crippen molar-refractivity contribution in [3.05, 3.63) is 33.9 Å². The molecule has 0 radical (unpaired) electrons. The van der Waals surface area contributed by atoms with Crippen LogP contribution in [-0.4, -0.2) is 48.6 Å². The predicted molar refractivity (Wildman–Crippen MR) is 78.6 cm³/mol. The molecule has 7 nitrogen and oxygen atoms in total. The fourth-order valence-electron chi connectivity index (χ4n) is 2.39. The number of hydrogen-bond donors (Lipinski definition) is 1. The summed E-state index contributed by atoms with van der Waals surface area (Å²) in [5, 5.41) is 13.8. The van der Waals surface area contributed by atoms with Crippen LogP contribution in [0.1, 0.15) is 23.7 Å². The molecule has 1 fully saturated rings. The van der Waals surface area contributed by atoms with E-state index in [1.54, 1.807) is 24.1 Å². The van der Waals surface area contributed by atoms with Crippen molar-refractivity contribution in [3.8, 4) is 0 Å². The Balaban J connectivity index is 2.26. The van der Waals surface area contributed by atoms with E-state index in [0.29, 0.717) is 30.9 Å². The van der Waals surface area contributed by atoms with Gasteiger partial charge in [0.25, 0.3) is 11.6 Å². The molecule has 0 spiro atoms. The maximum absolute atomic E-state index is 12.5. The van der Waals surface area contributed by atoms with Crippen molar-refractivity contribution in [2.45, 2.75) is 19.4 Å². The van der Waals surface area contributed by atoms with E-state index in [9.17, 15) is 14.9 Å². The first kappa shape index (κ1) is 15.2. The zero-order valence-corrected chi connectivity index (χ0v) is 12.2. The average molecular weight is 293 g/mol. The Bertz CT molecular complexity index is 547. The minimum Gasteiger partial charge on any atom is -0.383 e. The molecule has 7 heteroatoms. The number of ether oxygens (including phenoxy) is 1. The Kier molecular flexibility index (Phi) is 4.74. The van der Waals surface area contributed by atoms with E-state index < -0.39 is 4.92 Å². The zero-order valence-electron chi connectivity index (χ0n) is 12.2. The molecule has 1 saturated heterocycles. The average Bonchev–Trinajstić information content (AvgIpc) is 2.70. The van der Waals surface area contributed by atoms with Crippen molar-refractivity contribution in [1.29, 1.82) is 0 Å². The Morgan fingerprint density at radius 1 is 1.52 bits per heavy atom. The van der Waals surface area contributed by atoms with Gasteiger partial charge >= 0.3 is 0 Å². The highest BCUT2D eigenvalue weighted by Gasteiger charge is 2.23. The molecule has 1 aromatic rings. The van der Waals surface area contributed by atoms with Crippen LogP contribution in [0.25, 0.3) is 0 Å². The molecule has 114 valence electrons. The minimum atomic E-state index is -0.489. The number of nitro benzene ring substituents is 1. The molecule has 2 rings (SSSR count). The Morgan fingerprint density at radius 2 is 2.29 bits per heavy atom. The summed E-state index contributed by atoms with van der Waals surface area (Å²) in [6, 6.07) is 4.49. The van der Waals surface area contributed by atoms with E-state index in [-0.39, 0.29) is 17.7 Å². The van der Waals surface area contributed by atoms with Crippen molar-refractivity contribution in [2.75, 3.05) is 32.1 Å². The van der Waals surface area contributed by atoms with Crippen LogP contribution in [0.2, 0.25) is 0 Å². The van der Waals surface area contributed by atoms with Crippen LogP contribution in [0.15, 0.2) is 18.2 Å². The predicted octanol–water partition coefficient (Wildman–Crippen LogP) is 1.89. The van der Waals surface area contributed by atoms with E-state index in [4.69, 9.17) is 4.74 Å². The highest BCUT2D eigenvalue weighted by molar-refractivity contribution is 5.95. The molecule has 0 aliphatic carbocycles. The number of nitrogens with zero attached hydrogens (tertiary/aromatic N) is 2. The van der Waals surface area contributed by atoms with E-state index >= 15 is 0 Å². The highest BCUT2D eigenvalue weighted by atomic mass is 16.6. The molecule has 1 aliphatic rings. The van der Waals surface area contributed by atoms with Gasteiger partial charge in [-0.2, -0.15) is 0 Å². The molecular weight excluding hydrogens is 274 g/mol. The van der Waals surface area contributed by atoms with Crippen LogP contribution >= 0.6 is 0 Å². The van der Waals surface area contributed by atoms with Crippen molar-refractivity contribution >= 4 is 17.3 Å². The lowest BCUT2D eigenvalue weighted by Crippen LogP contribution is -2.35. The molecule has 0 saturated carbocycles. The van der Waals surface area contributed by atoms with E-state index in [0.717, 1.165) is 6.42 Å². The Hall–Kier alpha value is -2.15. The first-order chi connectivity index (χ1) is 10.0. The third kappa shape index (κ3) is 3.49. The Labute approximate surface area is 123 Å². The second kappa shape index (κ2) is 6.53. The fraction of sp³-hybridized carbons (Fsp3) is 0.500. The van der Waals surface area contributed by atoms with Gasteiger partial charge in [-0.05, 0) is 25.5 Å². The number of carbonyl (C=O) groups excluding carboxylic acids is 1. The van der Waals surface area contributed by atoms with Crippen LogP contribution < -0.4 is 5.32 Å². The summed E-state index contributed by atoms with van der Waals surface area (Å²) in [6.07, 6.45) is 0.746. The van der Waals surface area contributed by atoms with Crippen LogP contribution in [0.5, 0.6) is 0 Å². The summed E-state index contributed by atoms with van der Waals surface area (Å²) >= 11 is 0. The van der Waals surface area contributed by atoms with E-state index in [1.807, 2.05) is 6.92 Å². The SMILES string of the molecule is CNc1ccc(C(=O)N2CCCOC(C)C2)cc1[N+](=O)[O-]. The van der Waals surface area contributed by atoms with Crippen LogP contribution in [0.3, 0.4) is 0 Å². The minimum absolute atomic E-state index is 0.0250. The molecule has 1 N–H and O–H groups in total. The first-order valence-electron chi connectivity index (χ1n) is 6.90. The van der Waals surface area contributed by atoms with Crippen molar-refractivity contribution in [3.63, 3.8) is 0 Å². The third-order valence-corrected chi connectivity index (χ3v) is 3.45. The smallest absolute Gasteiger partial charge is 0.293 e. The molecule has 0 aromatic heterocycles. The third-order valence-electron chi connectivity index (χ3n) is 3.45. The number of rotatable bonds is 3. The normalized spacial score (nSPS) is 19.0. The summed E-state index contributed by atoms with van der Waals surface area (Å²) in [7, 11) is 1.61. The number of anilines is 1. The van der Waals surface area contributed by atoms with Crippen LogP contribution in [0, 0.1) is 10.1 Å². The number of carbonyl (C=O) groups is 1. The second-order valence-electron chi connectivity index (χ2n) is 5.03. The van der Waals surface area contributed by atoms with Gasteiger partial charge in [-0.15, -0.1) is 0 Å². The van der Waals surface area contributed by atoms with Gasteiger partial charge in [-0.3, -0.25) is 14.9 Å². The first-order valence-corrected chi connectivity index (χ1v) is 6.90. The molecule has 1 aliphatic heterocycles. The monoisotopic (exact) mass is 293 g/mol. The van der Waals surface area contributed by atoms with Crippen LogP contribution in [0.4, 0.5) is 11.4 Å². The summed E-state index contributed by atoms with van der Waals surface area (Å²) in [5.74, 6) is -0.196. The second-order valence-corrected chi connectivity index (χ2v) is 5.03. The van der Waals surface area contributed by atoms with E-state index in [1.165, 1.54) is 6.07 Å². The fourth-order valence-corrected chi connectivity index (χ4v) is 2.39. The van der Waals surface area contributed by atoms with Crippen molar-refractivity contribution < 1.29 is 14.5 Å². The van der Waals surface area contributed by atoms with Gasteiger partial charge in [0.1, 0.15) is 5.69 Å². The molecule has 1 atom stereocenters. The highest BCUT2D eigenvalue weighted by Crippen LogP contribution is 2.26. The summed E-state index contributed by atoms with van der Waals surface area (Å²) in [6.45, 7) is 3.65. The molecule has 1 heterocycles. The molecule has 21 heavy (non-hydrogen) atoms. The number of amides is 1. The van der Waals surface area contributed by atoms with Gasteiger partial charge < -0.3 is 15.0 Å². The summed E-state index contributed by atoms with van der Waals surface area (Å²) in [5.41, 5.74) is 0.626. The van der Waals surface area contributed by atoms with Gasteiger partial charge in [0.05, 0.1) is 11.0 Å². The zero-order chi connectivity index (χ0) is 15.4. The van der Waals surface area contributed by atoms with Crippen molar-refractivity contribution in [2.24, 2.45) is 0 Å². The maximum Gasteiger partial charge on any atom is 0.293 e. The maximum atomic E-state index is 12.5. The molecular formula is C14H19N3O4. The number of hydrogen-bond acceptors (Lipinski definition) is 5. The molecule has 1 aromatic carbocycles. The van der Waals surface area contributed by atoms with Gasteiger partial charge in [0, 0.05) is 38.4 Å². The largest absolute Gasteiger partial charge is 0.383 e. The van der Waals surface area contributed by atoms with Gasteiger partial charge in [-0.1, -0.05) is 0 Å². The van der Waals surface area contributed by atoms with Crippen molar-refractivity contribution in [1.82, 2.24) is 4.90 Å². The van der Waals surface area contributed by atoms with Crippen LogP contribution in [-0.2, 0) is 4.74 Å². The molecule has 1 amide bonds. The molecule has 1 unspecified atom stereocenters. The lowest BCUT2D eigenvalue weighted by atomic mass is 10.1. The quantitative estimate of drug-likeness (QED) is 0.679. The number of nitrogens with one attached hydrogen (secondary N) is 1.